The van der Waals surface area contributed by atoms with Gasteiger partial charge in [-0.05, 0) is 25.7 Å². The lowest BCUT2D eigenvalue weighted by Crippen LogP contribution is -2.45. The Kier molecular flexibility index (Phi) is 5.28. The lowest BCUT2D eigenvalue weighted by atomic mass is 10.1. The van der Waals surface area contributed by atoms with Crippen molar-refractivity contribution in [3.8, 4) is 0 Å². The lowest BCUT2D eigenvalue weighted by molar-refractivity contribution is -0.144. The summed E-state index contributed by atoms with van der Waals surface area (Å²) in [5.41, 5.74) is 0. The van der Waals surface area contributed by atoms with Gasteiger partial charge in [0.1, 0.15) is 4.88 Å². The van der Waals surface area contributed by atoms with E-state index in [1.807, 2.05) is 13.8 Å². The van der Waals surface area contributed by atoms with E-state index in [4.69, 9.17) is 0 Å². The molecule has 23 heavy (non-hydrogen) atoms. The Labute approximate surface area is 135 Å². The fourth-order valence-corrected chi connectivity index (χ4v) is 3.23. The number of aromatic nitrogens is 1. The Morgan fingerprint density at radius 1 is 1.35 bits per heavy atom. The largest absolute Gasteiger partial charge is 0.427 e. The van der Waals surface area contributed by atoms with E-state index in [0.29, 0.717) is 24.1 Å². The number of alkyl halides is 3. The van der Waals surface area contributed by atoms with E-state index in [9.17, 15) is 22.8 Å². The van der Waals surface area contributed by atoms with Crippen LogP contribution in [0, 0.1) is 5.92 Å². The van der Waals surface area contributed by atoms with Crippen LogP contribution >= 0.6 is 11.3 Å². The van der Waals surface area contributed by atoms with Gasteiger partial charge >= 0.3 is 18.0 Å². The van der Waals surface area contributed by atoms with Gasteiger partial charge in [-0.25, -0.2) is 4.98 Å². The zero-order valence-electron chi connectivity index (χ0n) is 12.8. The molecule has 2 heterocycles. The highest BCUT2D eigenvalue weighted by Gasteiger charge is 2.34. The zero-order valence-corrected chi connectivity index (χ0v) is 13.6. The van der Waals surface area contributed by atoms with Crippen LogP contribution in [-0.4, -0.2) is 34.3 Å². The van der Waals surface area contributed by atoms with Crippen molar-refractivity contribution in [2.24, 2.45) is 5.92 Å². The molecule has 2 amide bonds. The maximum absolute atomic E-state index is 12.5. The smallest absolute Gasteiger partial charge is 0.331 e. The summed E-state index contributed by atoms with van der Waals surface area (Å²) in [5, 5.41) is 1.93. The highest BCUT2D eigenvalue weighted by molar-refractivity contribution is 7.15. The minimum Gasteiger partial charge on any atom is -0.331 e. The van der Waals surface area contributed by atoms with Crippen molar-refractivity contribution in [1.82, 2.24) is 9.88 Å². The predicted octanol–water partition coefficient (Wildman–Crippen LogP) is 3.14. The van der Waals surface area contributed by atoms with E-state index >= 15 is 0 Å². The Balaban J connectivity index is 2.04. The standard InChI is InChI=1S/C14H18F3N3O2S/c1-8-4-3-5-9(2)20(7-8)12(22)11(21)19-13-18-6-10(23-13)14(15,16)17/h6,8-9H,3-5,7H2,1-2H3,(H,18,19,21). The Morgan fingerprint density at radius 3 is 2.65 bits per heavy atom. The summed E-state index contributed by atoms with van der Waals surface area (Å²) in [6.07, 6.45) is -1.11. The summed E-state index contributed by atoms with van der Waals surface area (Å²) in [5.74, 6) is -1.39. The molecule has 1 N–H and O–H groups in total. The van der Waals surface area contributed by atoms with Crippen LogP contribution in [0.2, 0.25) is 0 Å². The number of nitrogens with zero attached hydrogens (tertiary/aromatic N) is 2. The molecular formula is C14H18F3N3O2S. The summed E-state index contributed by atoms with van der Waals surface area (Å²) in [6.45, 7) is 4.35. The van der Waals surface area contributed by atoms with E-state index in [1.54, 1.807) is 0 Å². The van der Waals surface area contributed by atoms with Crippen molar-refractivity contribution in [2.45, 2.75) is 45.3 Å². The molecule has 1 aromatic rings. The number of halogens is 3. The van der Waals surface area contributed by atoms with Gasteiger partial charge < -0.3 is 4.90 Å². The SMILES string of the molecule is CC1CCCC(C)N(C(=O)C(=O)Nc2ncc(C(F)(F)F)s2)C1. The van der Waals surface area contributed by atoms with Crippen molar-refractivity contribution >= 4 is 28.3 Å². The van der Waals surface area contributed by atoms with E-state index in [2.05, 4.69) is 10.3 Å². The number of carbonyl (C=O) groups excluding carboxylic acids is 2. The van der Waals surface area contributed by atoms with Crippen molar-refractivity contribution in [3.63, 3.8) is 0 Å². The number of anilines is 1. The summed E-state index contributed by atoms with van der Waals surface area (Å²) in [4.78, 5) is 28.4. The van der Waals surface area contributed by atoms with Gasteiger partial charge in [0.05, 0.1) is 6.20 Å². The zero-order chi connectivity index (χ0) is 17.2. The second-order valence-corrected chi connectivity index (χ2v) is 6.85. The molecular weight excluding hydrogens is 331 g/mol. The third kappa shape index (κ3) is 4.43. The van der Waals surface area contributed by atoms with Crippen LogP contribution in [0.15, 0.2) is 6.20 Å². The fraction of sp³-hybridized carbons (Fsp3) is 0.643. The van der Waals surface area contributed by atoms with Crippen LogP contribution in [0.25, 0.3) is 0 Å². The van der Waals surface area contributed by atoms with Gasteiger partial charge in [-0.1, -0.05) is 24.7 Å². The van der Waals surface area contributed by atoms with E-state index in [1.165, 1.54) is 4.90 Å². The minimum atomic E-state index is -4.51. The summed E-state index contributed by atoms with van der Waals surface area (Å²) < 4.78 is 37.5. The molecule has 1 fully saturated rings. The van der Waals surface area contributed by atoms with Crippen molar-refractivity contribution in [2.75, 3.05) is 11.9 Å². The molecule has 2 unspecified atom stereocenters. The molecule has 1 aliphatic rings. The van der Waals surface area contributed by atoms with Gasteiger partial charge in [0.25, 0.3) is 0 Å². The van der Waals surface area contributed by atoms with Gasteiger partial charge in [-0.2, -0.15) is 13.2 Å². The molecule has 1 saturated heterocycles. The summed E-state index contributed by atoms with van der Waals surface area (Å²) in [6, 6.07) is -0.0692. The lowest BCUT2D eigenvalue weighted by Gasteiger charge is -2.27. The highest BCUT2D eigenvalue weighted by Crippen LogP contribution is 2.35. The van der Waals surface area contributed by atoms with E-state index in [-0.39, 0.29) is 17.1 Å². The first kappa shape index (κ1) is 17.7. The summed E-state index contributed by atoms with van der Waals surface area (Å²) >= 11 is 0.299. The van der Waals surface area contributed by atoms with Crippen LogP contribution in [0.4, 0.5) is 18.3 Å². The Bertz CT molecular complexity index is 588. The number of hydrogen-bond donors (Lipinski definition) is 1. The third-order valence-corrected chi connectivity index (χ3v) is 4.78. The fourth-order valence-electron chi connectivity index (χ4n) is 2.55. The Hall–Kier alpha value is -1.64. The maximum Gasteiger partial charge on any atom is 0.427 e. The molecule has 2 rings (SSSR count). The molecule has 1 aliphatic heterocycles. The number of likely N-dealkylation sites (tertiary alicyclic amines) is 1. The molecule has 0 saturated carbocycles. The molecule has 0 spiro atoms. The second kappa shape index (κ2) is 6.86. The number of thiazole rings is 1. The number of amides is 2. The topological polar surface area (TPSA) is 62.3 Å². The van der Waals surface area contributed by atoms with Crippen molar-refractivity contribution in [3.05, 3.63) is 11.1 Å². The third-order valence-electron chi connectivity index (χ3n) is 3.82. The molecule has 5 nitrogen and oxygen atoms in total. The number of carbonyl (C=O) groups is 2. The van der Waals surface area contributed by atoms with Gasteiger partial charge in [0, 0.05) is 12.6 Å². The molecule has 0 bridgehead atoms. The maximum atomic E-state index is 12.5. The van der Waals surface area contributed by atoms with Crippen LogP contribution in [0.3, 0.4) is 0 Å². The number of rotatable bonds is 1. The van der Waals surface area contributed by atoms with Crippen molar-refractivity contribution in [1.29, 1.82) is 0 Å². The first-order chi connectivity index (χ1) is 10.7. The average molecular weight is 349 g/mol. The molecule has 2 atom stereocenters. The number of hydrogen-bond acceptors (Lipinski definition) is 4. The van der Waals surface area contributed by atoms with Gasteiger partial charge in [-0.15, -0.1) is 0 Å². The molecule has 0 radical (unpaired) electrons. The molecule has 1 aromatic heterocycles. The van der Waals surface area contributed by atoms with Crippen molar-refractivity contribution < 1.29 is 22.8 Å². The molecule has 128 valence electrons. The van der Waals surface area contributed by atoms with Crippen LogP contribution in [0.5, 0.6) is 0 Å². The van der Waals surface area contributed by atoms with Crippen LogP contribution in [-0.2, 0) is 15.8 Å². The monoisotopic (exact) mass is 349 g/mol. The predicted molar refractivity (Wildman–Crippen MR) is 79.9 cm³/mol. The first-order valence-corrected chi connectivity index (χ1v) is 8.15. The van der Waals surface area contributed by atoms with Crippen LogP contribution < -0.4 is 5.32 Å². The summed E-state index contributed by atoms with van der Waals surface area (Å²) in [7, 11) is 0. The molecule has 9 heteroatoms. The number of nitrogens with one attached hydrogen (secondary N) is 1. The van der Waals surface area contributed by atoms with Gasteiger partial charge in [0.2, 0.25) is 0 Å². The molecule has 0 aliphatic carbocycles. The van der Waals surface area contributed by atoms with E-state index < -0.39 is 22.9 Å². The second-order valence-electron chi connectivity index (χ2n) is 5.82. The normalized spacial score (nSPS) is 22.6. The van der Waals surface area contributed by atoms with Gasteiger partial charge in [-0.3, -0.25) is 14.9 Å². The highest BCUT2D eigenvalue weighted by atomic mass is 32.1. The minimum absolute atomic E-state index is 0.0692. The average Bonchev–Trinajstić information content (AvgIpc) is 2.85. The molecule has 0 aromatic carbocycles. The van der Waals surface area contributed by atoms with E-state index in [0.717, 1.165) is 19.3 Å². The quantitative estimate of drug-likeness (QED) is 0.793. The first-order valence-electron chi connectivity index (χ1n) is 7.33. The van der Waals surface area contributed by atoms with Crippen LogP contribution in [0.1, 0.15) is 38.0 Å². The Morgan fingerprint density at radius 2 is 2.04 bits per heavy atom. The van der Waals surface area contributed by atoms with Gasteiger partial charge in [0.15, 0.2) is 5.13 Å².